The molecule has 0 aliphatic carbocycles. The lowest BCUT2D eigenvalue weighted by molar-refractivity contribution is 0.0361. The highest BCUT2D eigenvalue weighted by Gasteiger charge is 2.17. The first kappa shape index (κ1) is 20.8. The average molecular weight is 410 g/mol. The van der Waals surface area contributed by atoms with Gasteiger partial charge in [-0.05, 0) is 54.4 Å². The lowest BCUT2D eigenvalue weighted by Gasteiger charge is -2.29. The van der Waals surface area contributed by atoms with Gasteiger partial charge in [0, 0.05) is 50.7 Å². The van der Waals surface area contributed by atoms with E-state index in [9.17, 15) is 0 Å². The predicted octanol–water partition coefficient (Wildman–Crippen LogP) is 3.09. The molecular weight excluding hydrogens is 378 g/mol. The van der Waals surface area contributed by atoms with Crippen molar-refractivity contribution in [1.29, 1.82) is 0 Å². The van der Waals surface area contributed by atoms with Crippen molar-refractivity contribution in [2.45, 2.75) is 13.0 Å². The number of morpholine rings is 1. The van der Waals surface area contributed by atoms with Crippen molar-refractivity contribution in [1.82, 2.24) is 14.8 Å². The largest absolute Gasteiger partial charge is 0.497 e. The van der Waals surface area contributed by atoms with Crippen LogP contribution in [0.25, 0.3) is 6.08 Å². The van der Waals surface area contributed by atoms with Gasteiger partial charge in [-0.1, -0.05) is 6.07 Å². The number of methoxy groups -OCH3 is 1. The minimum absolute atomic E-state index is 0.631. The molecule has 6 nitrogen and oxygen atoms in total. The molecule has 0 unspecified atom stereocenters. The molecule has 3 heterocycles. The number of fused-ring (bicyclic) bond motifs is 1. The van der Waals surface area contributed by atoms with Crippen LogP contribution in [0.3, 0.4) is 0 Å². The zero-order chi connectivity index (χ0) is 20.6. The maximum Gasteiger partial charge on any atom is 0.127 e. The van der Waals surface area contributed by atoms with Crippen molar-refractivity contribution >= 4 is 6.08 Å². The Kier molecular flexibility index (Phi) is 7.34. The van der Waals surface area contributed by atoms with Gasteiger partial charge in [-0.15, -0.1) is 0 Å². The van der Waals surface area contributed by atoms with Crippen LogP contribution in [-0.2, 0) is 11.3 Å². The average Bonchev–Trinajstić information content (AvgIpc) is 2.80. The fraction of sp³-hybridized carbons (Fsp3) is 0.458. The number of rotatable bonds is 9. The quantitative estimate of drug-likeness (QED) is 0.634. The number of aromatic nitrogens is 1. The molecule has 0 N–H and O–H groups in total. The van der Waals surface area contributed by atoms with Crippen LogP contribution in [0.5, 0.6) is 11.5 Å². The highest BCUT2D eigenvalue weighted by Crippen LogP contribution is 2.30. The number of benzene rings is 1. The minimum Gasteiger partial charge on any atom is -0.497 e. The van der Waals surface area contributed by atoms with Gasteiger partial charge in [0.1, 0.15) is 18.1 Å². The Morgan fingerprint density at radius 2 is 2.07 bits per heavy atom. The molecule has 2 aromatic rings. The molecule has 1 aromatic heterocycles. The van der Waals surface area contributed by atoms with Gasteiger partial charge in [-0.25, -0.2) is 0 Å². The molecule has 1 fully saturated rings. The molecular formula is C24H31N3O3. The van der Waals surface area contributed by atoms with Crippen LogP contribution in [0.4, 0.5) is 0 Å². The Labute approximate surface area is 179 Å². The van der Waals surface area contributed by atoms with Gasteiger partial charge < -0.3 is 14.2 Å². The molecule has 0 spiro atoms. The van der Waals surface area contributed by atoms with Crippen molar-refractivity contribution in [3.05, 3.63) is 59.4 Å². The summed E-state index contributed by atoms with van der Waals surface area (Å²) in [5.41, 5.74) is 3.61. The van der Waals surface area contributed by atoms with Gasteiger partial charge in [-0.3, -0.25) is 14.8 Å². The standard InChI is InChI=1S/C24H31N3O3/c1-28-23-5-6-24-22(15-23)14-21(19-30-24)18-27(17-20-4-2-7-25-16-20)9-3-8-26-10-12-29-13-11-26/h2,4-7,14-16H,3,8-13,17-19H2,1H3. The first-order valence-electron chi connectivity index (χ1n) is 10.7. The summed E-state index contributed by atoms with van der Waals surface area (Å²) in [4.78, 5) is 9.28. The summed E-state index contributed by atoms with van der Waals surface area (Å²) in [5, 5.41) is 0. The van der Waals surface area contributed by atoms with Gasteiger partial charge in [0.15, 0.2) is 0 Å². The topological polar surface area (TPSA) is 47.1 Å². The zero-order valence-corrected chi connectivity index (χ0v) is 17.8. The molecule has 0 atom stereocenters. The number of nitrogens with zero attached hydrogens (tertiary/aromatic N) is 3. The second kappa shape index (κ2) is 10.6. The molecule has 4 rings (SSSR count). The summed E-state index contributed by atoms with van der Waals surface area (Å²) >= 11 is 0. The summed E-state index contributed by atoms with van der Waals surface area (Å²) in [6, 6.07) is 10.1. The normalized spacial score (nSPS) is 16.7. The van der Waals surface area contributed by atoms with Gasteiger partial charge in [0.2, 0.25) is 0 Å². The van der Waals surface area contributed by atoms with Crippen LogP contribution in [0.15, 0.2) is 48.3 Å². The van der Waals surface area contributed by atoms with E-state index in [2.05, 4.69) is 26.9 Å². The second-order valence-corrected chi connectivity index (χ2v) is 7.87. The van der Waals surface area contributed by atoms with Crippen LogP contribution < -0.4 is 9.47 Å². The molecule has 0 saturated carbocycles. The Bertz CT molecular complexity index is 835. The lowest BCUT2D eigenvalue weighted by atomic mass is 10.1. The Balaban J connectivity index is 1.41. The minimum atomic E-state index is 0.631. The van der Waals surface area contributed by atoms with Gasteiger partial charge >= 0.3 is 0 Å². The van der Waals surface area contributed by atoms with Crippen molar-refractivity contribution in [3.63, 3.8) is 0 Å². The lowest BCUT2D eigenvalue weighted by Crippen LogP contribution is -2.38. The smallest absolute Gasteiger partial charge is 0.127 e. The van der Waals surface area contributed by atoms with Crippen LogP contribution in [0, 0.1) is 0 Å². The molecule has 2 aliphatic heterocycles. The first-order valence-corrected chi connectivity index (χ1v) is 10.7. The van der Waals surface area contributed by atoms with E-state index in [0.29, 0.717) is 6.61 Å². The van der Waals surface area contributed by atoms with E-state index in [1.54, 1.807) is 7.11 Å². The molecule has 6 heteroatoms. The maximum atomic E-state index is 6.00. The Morgan fingerprint density at radius 3 is 2.87 bits per heavy atom. The highest BCUT2D eigenvalue weighted by molar-refractivity contribution is 5.64. The highest BCUT2D eigenvalue weighted by atomic mass is 16.5. The SMILES string of the molecule is COc1ccc2c(c1)C=C(CN(CCCN1CCOCC1)Cc1cccnc1)CO2. The number of ether oxygens (including phenoxy) is 3. The third kappa shape index (κ3) is 5.81. The summed E-state index contributed by atoms with van der Waals surface area (Å²) in [7, 11) is 1.69. The monoisotopic (exact) mass is 409 g/mol. The molecule has 1 saturated heterocycles. The molecule has 0 amide bonds. The molecule has 0 radical (unpaired) electrons. The van der Waals surface area contributed by atoms with E-state index in [1.807, 2.05) is 36.7 Å². The molecule has 30 heavy (non-hydrogen) atoms. The molecule has 1 aromatic carbocycles. The summed E-state index contributed by atoms with van der Waals surface area (Å²) in [6.45, 7) is 8.34. The Hall–Kier alpha value is -2.41. The summed E-state index contributed by atoms with van der Waals surface area (Å²) in [5.74, 6) is 1.78. The van der Waals surface area contributed by atoms with Crippen molar-refractivity contribution in [3.8, 4) is 11.5 Å². The Morgan fingerprint density at radius 1 is 1.17 bits per heavy atom. The van der Waals surface area contributed by atoms with Crippen molar-refractivity contribution < 1.29 is 14.2 Å². The summed E-state index contributed by atoms with van der Waals surface area (Å²) in [6.07, 6.45) is 7.17. The second-order valence-electron chi connectivity index (χ2n) is 7.87. The van der Waals surface area contributed by atoms with E-state index in [4.69, 9.17) is 14.2 Å². The van der Waals surface area contributed by atoms with Crippen LogP contribution >= 0.6 is 0 Å². The molecule has 2 aliphatic rings. The number of hydrogen-bond donors (Lipinski definition) is 0. The summed E-state index contributed by atoms with van der Waals surface area (Å²) < 4.78 is 16.8. The molecule has 160 valence electrons. The van der Waals surface area contributed by atoms with Gasteiger partial charge in [0.25, 0.3) is 0 Å². The van der Waals surface area contributed by atoms with E-state index in [0.717, 1.165) is 76.0 Å². The van der Waals surface area contributed by atoms with Crippen molar-refractivity contribution in [2.24, 2.45) is 0 Å². The maximum absolute atomic E-state index is 6.00. The number of hydrogen-bond acceptors (Lipinski definition) is 6. The number of pyridine rings is 1. The van der Waals surface area contributed by atoms with Gasteiger partial charge in [-0.2, -0.15) is 0 Å². The zero-order valence-electron chi connectivity index (χ0n) is 17.8. The van der Waals surface area contributed by atoms with E-state index in [-0.39, 0.29) is 0 Å². The predicted molar refractivity (Wildman–Crippen MR) is 118 cm³/mol. The first-order chi connectivity index (χ1) is 14.8. The van der Waals surface area contributed by atoms with Crippen molar-refractivity contribution in [2.75, 3.05) is 59.7 Å². The van der Waals surface area contributed by atoms with Crippen LogP contribution in [0.2, 0.25) is 0 Å². The van der Waals surface area contributed by atoms with Crippen LogP contribution in [-0.4, -0.2) is 74.4 Å². The van der Waals surface area contributed by atoms with E-state index >= 15 is 0 Å². The van der Waals surface area contributed by atoms with E-state index in [1.165, 1.54) is 11.1 Å². The fourth-order valence-electron chi connectivity index (χ4n) is 4.01. The fourth-order valence-corrected chi connectivity index (χ4v) is 4.01. The van der Waals surface area contributed by atoms with Crippen LogP contribution in [0.1, 0.15) is 17.5 Å². The van der Waals surface area contributed by atoms with Gasteiger partial charge in [0.05, 0.1) is 20.3 Å². The third-order valence-electron chi connectivity index (χ3n) is 5.60. The molecule has 0 bridgehead atoms. The third-order valence-corrected chi connectivity index (χ3v) is 5.60. The van der Waals surface area contributed by atoms with E-state index < -0.39 is 0 Å².